The van der Waals surface area contributed by atoms with Gasteiger partial charge in [0.2, 0.25) is 17.8 Å². The molecule has 2 N–H and O–H groups in total. The zero-order valence-corrected chi connectivity index (χ0v) is 14.9. The van der Waals surface area contributed by atoms with Crippen LogP contribution in [0, 0.1) is 0 Å². The summed E-state index contributed by atoms with van der Waals surface area (Å²) in [6.07, 6.45) is 0.800. The number of benzene rings is 2. The monoisotopic (exact) mass is 364 g/mol. The lowest BCUT2D eigenvalue weighted by Crippen LogP contribution is -2.39. The Balaban J connectivity index is 1.48. The van der Waals surface area contributed by atoms with E-state index >= 15 is 0 Å². The Morgan fingerprint density at radius 2 is 2.04 bits per heavy atom. The summed E-state index contributed by atoms with van der Waals surface area (Å²) in [7, 11) is 1.63. The number of methoxy groups -OCH3 is 1. The minimum Gasteiger partial charge on any atom is -0.497 e. The van der Waals surface area contributed by atoms with E-state index in [9.17, 15) is 9.59 Å². The summed E-state index contributed by atoms with van der Waals surface area (Å²) in [4.78, 5) is 29.2. The molecular formula is C20H20N4O3. The first kappa shape index (κ1) is 17.1. The summed E-state index contributed by atoms with van der Waals surface area (Å²) in [5, 5.41) is 5.69. The van der Waals surface area contributed by atoms with Gasteiger partial charge in [-0.25, -0.2) is 4.98 Å². The fourth-order valence-corrected chi connectivity index (χ4v) is 3.34. The van der Waals surface area contributed by atoms with Crippen molar-refractivity contribution in [1.29, 1.82) is 0 Å². The van der Waals surface area contributed by atoms with E-state index in [0.29, 0.717) is 18.9 Å². The van der Waals surface area contributed by atoms with E-state index in [4.69, 9.17) is 4.74 Å². The molecule has 0 radical (unpaired) electrons. The SMILES string of the molecule is COc1ccc(CCNC(=O)C2CC(=O)Nc3nc4ccccc4n32)cc1. The van der Waals surface area contributed by atoms with Crippen molar-refractivity contribution in [1.82, 2.24) is 14.9 Å². The van der Waals surface area contributed by atoms with Crippen LogP contribution < -0.4 is 15.4 Å². The van der Waals surface area contributed by atoms with Gasteiger partial charge in [0.15, 0.2) is 0 Å². The van der Waals surface area contributed by atoms with Crippen LogP contribution in [0.25, 0.3) is 11.0 Å². The van der Waals surface area contributed by atoms with Gasteiger partial charge in [-0.15, -0.1) is 0 Å². The van der Waals surface area contributed by atoms with Gasteiger partial charge < -0.3 is 10.1 Å². The molecule has 0 saturated heterocycles. The maximum atomic E-state index is 12.8. The number of carbonyl (C=O) groups is 2. The molecule has 0 saturated carbocycles. The summed E-state index contributed by atoms with van der Waals surface area (Å²) in [6, 6.07) is 14.7. The number of ether oxygens (including phenoxy) is 1. The third-order valence-electron chi connectivity index (χ3n) is 4.71. The van der Waals surface area contributed by atoms with E-state index in [1.54, 1.807) is 11.7 Å². The van der Waals surface area contributed by atoms with Crippen LogP contribution in [-0.2, 0) is 16.0 Å². The molecule has 7 heteroatoms. The van der Waals surface area contributed by atoms with Crippen LogP contribution in [0.5, 0.6) is 5.75 Å². The smallest absolute Gasteiger partial charge is 0.243 e. The van der Waals surface area contributed by atoms with Gasteiger partial charge in [-0.1, -0.05) is 24.3 Å². The zero-order chi connectivity index (χ0) is 18.8. The number of aromatic nitrogens is 2. The normalized spacial score (nSPS) is 15.9. The quantitative estimate of drug-likeness (QED) is 0.727. The van der Waals surface area contributed by atoms with Crippen molar-refractivity contribution < 1.29 is 14.3 Å². The average Bonchev–Trinajstić information content (AvgIpc) is 3.05. The van der Waals surface area contributed by atoms with E-state index in [1.165, 1.54) is 0 Å². The fraction of sp³-hybridized carbons (Fsp3) is 0.250. The molecular weight excluding hydrogens is 344 g/mol. The number of hydrogen-bond donors (Lipinski definition) is 2. The van der Waals surface area contributed by atoms with Crippen LogP contribution in [-0.4, -0.2) is 35.0 Å². The van der Waals surface area contributed by atoms with Gasteiger partial charge in [-0.3, -0.25) is 19.5 Å². The van der Waals surface area contributed by atoms with Gasteiger partial charge >= 0.3 is 0 Å². The lowest BCUT2D eigenvalue weighted by atomic mass is 10.1. The first-order valence-electron chi connectivity index (χ1n) is 8.83. The van der Waals surface area contributed by atoms with Crippen LogP contribution in [0.2, 0.25) is 0 Å². The highest BCUT2D eigenvalue weighted by molar-refractivity contribution is 5.99. The first-order valence-corrected chi connectivity index (χ1v) is 8.83. The number of anilines is 1. The predicted molar refractivity (Wildman–Crippen MR) is 102 cm³/mol. The lowest BCUT2D eigenvalue weighted by Gasteiger charge is -2.25. The molecule has 138 valence electrons. The maximum absolute atomic E-state index is 12.8. The standard InChI is InChI=1S/C20H20N4O3/c1-27-14-8-6-13(7-9-14)10-11-21-19(26)17-12-18(25)23-20-22-15-4-2-3-5-16(15)24(17)20/h2-9,17H,10-12H2,1H3,(H,21,26)(H,22,23,25). The van der Waals surface area contributed by atoms with E-state index in [-0.39, 0.29) is 18.2 Å². The Kier molecular flexibility index (Phi) is 4.50. The summed E-state index contributed by atoms with van der Waals surface area (Å²) in [6.45, 7) is 0.491. The Labute approximate surface area is 156 Å². The number of hydrogen-bond acceptors (Lipinski definition) is 4. The second-order valence-corrected chi connectivity index (χ2v) is 6.45. The number of para-hydroxylation sites is 2. The van der Waals surface area contributed by atoms with Crippen molar-refractivity contribution in [3.8, 4) is 5.75 Å². The molecule has 2 aromatic carbocycles. The van der Waals surface area contributed by atoms with Crippen LogP contribution in [0.3, 0.4) is 0 Å². The molecule has 3 aromatic rings. The lowest BCUT2D eigenvalue weighted by molar-refractivity contribution is -0.128. The molecule has 2 amide bonds. The molecule has 1 atom stereocenters. The summed E-state index contributed by atoms with van der Waals surface area (Å²) in [5.41, 5.74) is 2.69. The number of amides is 2. The van der Waals surface area contributed by atoms with E-state index in [1.807, 2.05) is 48.5 Å². The molecule has 0 fully saturated rings. The van der Waals surface area contributed by atoms with Gasteiger partial charge in [0.1, 0.15) is 11.8 Å². The van der Waals surface area contributed by atoms with Crippen molar-refractivity contribution in [2.75, 3.05) is 19.0 Å². The van der Waals surface area contributed by atoms with Crippen molar-refractivity contribution >= 4 is 28.8 Å². The number of imidazole rings is 1. The van der Waals surface area contributed by atoms with Crippen LogP contribution in [0.15, 0.2) is 48.5 Å². The summed E-state index contributed by atoms with van der Waals surface area (Å²) < 4.78 is 6.95. The highest BCUT2D eigenvalue weighted by atomic mass is 16.5. The molecule has 0 aliphatic carbocycles. The second-order valence-electron chi connectivity index (χ2n) is 6.45. The molecule has 1 unspecified atom stereocenters. The van der Waals surface area contributed by atoms with Crippen LogP contribution >= 0.6 is 0 Å². The van der Waals surface area contributed by atoms with Crippen molar-refractivity contribution in [2.24, 2.45) is 0 Å². The van der Waals surface area contributed by atoms with Gasteiger partial charge in [0.05, 0.1) is 24.6 Å². The molecule has 2 heterocycles. The van der Waals surface area contributed by atoms with Crippen LogP contribution in [0.1, 0.15) is 18.0 Å². The predicted octanol–water partition coefficient (Wildman–Crippen LogP) is 2.29. The number of nitrogens with zero attached hydrogens (tertiary/aromatic N) is 2. The number of nitrogens with one attached hydrogen (secondary N) is 2. The van der Waals surface area contributed by atoms with Crippen molar-refractivity contribution in [2.45, 2.75) is 18.9 Å². The minimum absolute atomic E-state index is 0.0989. The van der Waals surface area contributed by atoms with Crippen molar-refractivity contribution in [3.05, 3.63) is 54.1 Å². The van der Waals surface area contributed by atoms with E-state index in [2.05, 4.69) is 15.6 Å². The Morgan fingerprint density at radius 3 is 2.81 bits per heavy atom. The third-order valence-corrected chi connectivity index (χ3v) is 4.71. The molecule has 7 nitrogen and oxygen atoms in total. The Morgan fingerprint density at radius 1 is 1.26 bits per heavy atom. The first-order chi connectivity index (χ1) is 13.2. The van der Waals surface area contributed by atoms with Gasteiger partial charge in [-0.2, -0.15) is 0 Å². The second kappa shape index (κ2) is 7.11. The fourth-order valence-electron chi connectivity index (χ4n) is 3.34. The number of fused-ring (bicyclic) bond motifs is 3. The molecule has 27 heavy (non-hydrogen) atoms. The molecule has 4 rings (SSSR count). The summed E-state index contributed by atoms with van der Waals surface area (Å²) in [5.74, 6) is 0.842. The highest BCUT2D eigenvalue weighted by Gasteiger charge is 2.32. The Bertz CT molecular complexity index is 994. The molecule has 1 aliphatic heterocycles. The molecule has 0 bridgehead atoms. The maximum Gasteiger partial charge on any atom is 0.243 e. The third kappa shape index (κ3) is 3.36. The minimum atomic E-state index is -0.600. The van der Waals surface area contributed by atoms with Gasteiger partial charge in [0, 0.05) is 6.54 Å². The topological polar surface area (TPSA) is 85.2 Å². The van der Waals surface area contributed by atoms with Crippen molar-refractivity contribution in [3.63, 3.8) is 0 Å². The average molecular weight is 364 g/mol. The van der Waals surface area contributed by atoms with Gasteiger partial charge in [0.25, 0.3) is 0 Å². The zero-order valence-electron chi connectivity index (χ0n) is 14.9. The Hall–Kier alpha value is -3.35. The largest absolute Gasteiger partial charge is 0.497 e. The number of carbonyl (C=O) groups excluding carboxylic acids is 2. The summed E-state index contributed by atoms with van der Waals surface area (Å²) >= 11 is 0. The van der Waals surface area contributed by atoms with E-state index in [0.717, 1.165) is 22.3 Å². The van der Waals surface area contributed by atoms with Gasteiger partial charge in [-0.05, 0) is 36.2 Å². The highest BCUT2D eigenvalue weighted by Crippen LogP contribution is 2.30. The number of rotatable bonds is 5. The van der Waals surface area contributed by atoms with Crippen LogP contribution in [0.4, 0.5) is 5.95 Å². The molecule has 1 aromatic heterocycles. The molecule has 0 spiro atoms. The molecule has 1 aliphatic rings. The van der Waals surface area contributed by atoms with E-state index < -0.39 is 6.04 Å².